The number of carbonyl (C=O) groups excluding carboxylic acids is 2. The molecular weight excluding hydrogens is 314 g/mol. The van der Waals surface area contributed by atoms with Gasteiger partial charge in [0.25, 0.3) is 0 Å². The molecule has 126 valence electrons. The molecule has 0 aliphatic carbocycles. The molecule has 0 saturated carbocycles. The molecule has 0 unspecified atom stereocenters. The van der Waals surface area contributed by atoms with Gasteiger partial charge in [-0.2, -0.15) is 11.3 Å². The van der Waals surface area contributed by atoms with Crippen LogP contribution in [0.25, 0.3) is 0 Å². The summed E-state index contributed by atoms with van der Waals surface area (Å²) >= 11 is 1.59. The van der Waals surface area contributed by atoms with Crippen LogP contribution in [0, 0.1) is 0 Å². The molecule has 0 aromatic carbocycles. The second-order valence-corrected chi connectivity index (χ2v) is 6.85. The number of thiophene rings is 1. The molecule has 0 spiro atoms. The van der Waals surface area contributed by atoms with Gasteiger partial charge in [0.2, 0.25) is 11.8 Å². The first kappa shape index (κ1) is 16.4. The van der Waals surface area contributed by atoms with E-state index in [-0.39, 0.29) is 17.9 Å². The monoisotopic (exact) mass is 337 g/mol. The first-order valence-corrected chi connectivity index (χ1v) is 9.03. The van der Waals surface area contributed by atoms with Crippen LogP contribution in [0.2, 0.25) is 0 Å². The highest BCUT2D eigenvalue weighted by Gasteiger charge is 2.30. The van der Waals surface area contributed by atoms with Gasteiger partial charge in [0.05, 0.1) is 25.7 Å². The Balaban J connectivity index is 1.40. The van der Waals surface area contributed by atoms with Gasteiger partial charge < -0.3 is 15.0 Å². The Labute approximate surface area is 140 Å². The van der Waals surface area contributed by atoms with E-state index in [4.69, 9.17) is 4.74 Å². The Morgan fingerprint density at radius 1 is 1.35 bits per heavy atom. The SMILES string of the molecule is O=C(Cc1ccsc1)N[C@@H]1CC(=O)N(CCN2CCOCC2)C1. The lowest BCUT2D eigenvalue weighted by Gasteiger charge is -2.28. The van der Waals surface area contributed by atoms with Crippen molar-refractivity contribution in [3.63, 3.8) is 0 Å². The summed E-state index contributed by atoms with van der Waals surface area (Å²) in [6.07, 6.45) is 0.806. The van der Waals surface area contributed by atoms with Crippen LogP contribution in [-0.2, 0) is 20.7 Å². The summed E-state index contributed by atoms with van der Waals surface area (Å²) in [5.41, 5.74) is 1.03. The van der Waals surface area contributed by atoms with Crippen LogP contribution in [0.5, 0.6) is 0 Å². The summed E-state index contributed by atoms with van der Waals surface area (Å²) in [6.45, 7) is 5.65. The molecule has 2 saturated heterocycles. The van der Waals surface area contributed by atoms with E-state index < -0.39 is 0 Å². The number of nitrogens with one attached hydrogen (secondary N) is 1. The van der Waals surface area contributed by atoms with Crippen molar-refractivity contribution in [3.8, 4) is 0 Å². The van der Waals surface area contributed by atoms with Crippen LogP contribution in [0.3, 0.4) is 0 Å². The van der Waals surface area contributed by atoms with Crippen LogP contribution >= 0.6 is 11.3 Å². The molecule has 3 rings (SSSR count). The lowest BCUT2D eigenvalue weighted by atomic mass is 10.2. The normalized spacial score (nSPS) is 22.5. The summed E-state index contributed by atoms with van der Waals surface area (Å²) in [5, 5.41) is 6.93. The van der Waals surface area contributed by atoms with E-state index in [1.54, 1.807) is 11.3 Å². The van der Waals surface area contributed by atoms with Crippen molar-refractivity contribution in [1.29, 1.82) is 0 Å². The van der Waals surface area contributed by atoms with Gasteiger partial charge in [0, 0.05) is 39.1 Å². The molecule has 3 heterocycles. The van der Waals surface area contributed by atoms with Crippen LogP contribution in [-0.4, -0.2) is 73.6 Å². The molecule has 0 bridgehead atoms. The van der Waals surface area contributed by atoms with E-state index >= 15 is 0 Å². The van der Waals surface area contributed by atoms with Crippen molar-refractivity contribution in [2.24, 2.45) is 0 Å². The number of hydrogen-bond acceptors (Lipinski definition) is 5. The van der Waals surface area contributed by atoms with Gasteiger partial charge in [-0.1, -0.05) is 0 Å². The van der Waals surface area contributed by atoms with Crippen LogP contribution in [0.15, 0.2) is 16.8 Å². The predicted octanol–water partition coefficient (Wildman–Crippen LogP) is 0.340. The highest BCUT2D eigenvalue weighted by atomic mass is 32.1. The van der Waals surface area contributed by atoms with Crippen molar-refractivity contribution >= 4 is 23.2 Å². The molecule has 0 radical (unpaired) electrons. The van der Waals surface area contributed by atoms with Crippen molar-refractivity contribution in [2.45, 2.75) is 18.9 Å². The van der Waals surface area contributed by atoms with Gasteiger partial charge in [-0.05, 0) is 22.4 Å². The Bertz CT molecular complexity index is 529. The first-order chi connectivity index (χ1) is 11.2. The fourth-order valence-corrected chi connectivity index (χ4v) is 3.70. The summed E-state index contributed by atoms with van der Waals surface area (Å²) in [5.74, 6) is 0.135. The first-order valence-electron chi connectivity index (χ1n) is 8.09. The largest absolute Gasteiger partial charge is 0.379 e. The third-order valence-corrected chi connectivity index (χ3v) is 5.05. The van der Waals surface area contributed by atoms with Crippen molar-refractivity contribution in [2.75, 3.05) is 45.9 Å². The second kappa shape index (κ2) is 7.90. The van der Waals surface area contributed by atoms with Gasteiger partial charge in [-0.25, -0.2) is 0 Å². The third kappa shape index (κ3) is 4.76. The minimum atomic E-state index is -0.0571. The lowest BCUT2D eigenvalue weighted by molar-refractivity contribution is -0.128. The zero-order valence-electron chi connectivity index (χ0n) is 13.2. The number of nitrogens with zero attached hydrogens (tertiary/aromatic N) is 2. The molecule has 1 aromatic heterocycles. The number of ether oxygens (including phenoxy) is 1. The molecule has 2 aliphatic rings. The summed E-state index contributed by atoms with van der Waals surface area (Å²) < 4.78 is 5.33. The van der Waals surface area contributed by atoms with E-state index in [0.717, 1.165) is 45.0 Å². The quantitative estimate of drug-likeness (QED) is 0.813. The van der Waals surface area contributed by atoms with Crippen molar-refractivity contribution in [1.82, 2.24) is 15.1 Å². The highest BCUT2D eigenvalue weighted by molar-refractivity contribution is 7.07. The molecule has 2 aliphatic heterocycles. The average Bonchev–Trinajstić information content (AvgIpc) is 3.16. The second-order valence-electron chi connectivity index (χ2n) is 6.07. The maximum Gasteiger partial charge on any atom is 0.224 e. The predicted molar refractivity (Wildman–Crippen MR) is 88.4 cm³/mol. The van der Waals surface area contributed by atoms with Crippen molar-refractivity contribution in [3.05, 3.63) is 22.4 Å². The van der Waals surface area contributed by atoms with E-state index in [1.165, 1.54) is 0 Å². The zero-order valence-corrected chi connectivity index (χ0v) is 14.0. The van der Waals surface area contributed by atoms with Crippen LogP contribution < -0.4 is 5.32 Å². The van der Waals surface area contributed by atoms with E-state index in [0.29, 0.717) is 19.4 Å². The molecular formula is C16H23N3O3S. The molecule has 1 aromatic rings. The molecule has 6 nitrogen and oxygen atoms in total. The third-order valence-electron chi connectivity index (χ3n) is 4.31. The lowest BCUT2D eigenvalue weighted by Crippen LogP contribution is -2.43. The standard InChI is InChI=1S/C16H23N3O3S/c20-15(9-13-1-8-23-12-13)17-14-10-16(21)19(11-14)3-2-18-4-6-22-7-5-18/h1,8,12,14H,2-7,9-11H2,(H,17,20)/t14-/m1/s1. The van der Waals surface area contributed by atoms with E-state index in [2.05, 4.69) is 10.2 Å². The Morgan fingerprint density at radius 2 is 2.17 bits per heavy atom. The van der Waals surface area contributed by atoms with Crippen LogP contribution in [0.1, 0.15) is 12.0 Å². The van der Waals surface area contributed by atoms with E-state index in [1.807, 2.05) is 21.7 Å². The number of rotatable bonds is 6. The summed E-state index contributed by atoms with van der Waals surface area (Å²) in [7, 11) is 0. The molecule has 2 amide bonds. The fraction of sp³-hybridized carbons (Fsp3) is 0.625. The average molecular weight is 337 g/mol. The fourth-order valence-electron chi connectivity index (χ4n) is 3.03. The number of carbonyl (C=O) groups is 2. The molecule has 2 fully saturated rings. The molecule has 7 heteroatoms. The maximum absolute atomic E-state index is 12.1. The summed E-state index contributed by atoms with van der Waals surface area (Å²) in [6, 6.07) is 1.90. The Kier molecular flexibility index (Phi) is 5.64. The van der Waals surface area contributed by atoms with Gasteiger partial charge in [-0.3, -0.25) is 14.5 Å². The van der Waals surface area contributed by atoms with Gasteiger partial charge >= 0.3 is 0 Å². The molecule has 23 heavy (non-hydrogen) atoms. The van der Waals surface area contributed by atoms with Gasteiger partial charge in [-0.15, -0.1) is 0 Å². The molecule has 1 N–H and O–H groups in total. The minimum Gasteiger partial charge on any atom is -0.379 e. The maximum atomic E-state index is 12.1. The van der Waals surface area contributed by atoms with Crippen LogP contribution in [0.4, 0.5) is 0 Å². The zero-order chi connectivity index (χ0) is 16.1. The van der Waals surface area contributed by atoms with Gasteiger partial charge in [0.15, 0.2) is 0 Å². The van der Waals surface area contributed by atoms with Crippen molar-refractivity contribution < 1.29 is 14.3 Å². The topological polar surface area (TPSA) is 61.9 Å². The smallest absolute Gasteiger partial charge is 0.224 e. The number of hydrogen-bond donors (Lipinski definition) is 1. The number of morpholine rings is 1. The summed E-state index contributed by atoms with van der Waals surface area (Å²) in [4.78, 5) is 28.3. The van der Waals surface area contributed by atoms with Gasteiger partial charge in [0.1, 0.15) is 0 Å². The molecule has 1 atom stereocenters. The van der Waals surface area contributed by atoms with E-state index in [9.17, 15) is 9.59 Å². The Hall–Kier alpha value is -1.44. The highest BCUT2D eigenvalue weighted by Crippen LogP contribution is 2.12. The number of likely N-dealkylation sites (tertiary alicyclic amines) is 1. The number of amides is 2. The minimum absolute atomic E-state index is 0.00349. The Morgan fingerprint density at radius 3 is 2.91 bits per heavy atom.